The van der Waals surface area contributed by atoms with E-state index < -0.39 is 5.91 Å². The van der Waals surface area contributed by atoms with E-state index in [1.54, 1.807) is 0 Å². The smallest absolute Gasteiger partial charge is 0.252 e. The van der Waals surface area contributed by atoms with E-state index in [2.05, 4.69) is 4.84 Å². The van der Waals surface area contributed by atoms with Crippen LogP contribution < -0.4 is 16.5 Å². The van der Waals surface area contributed by atoms with E-state index in [9.17, 15) is 9.90 Å². The molecule has 12 heavy (non-hydrogen) atoms. The van der Waals surface area contributed by atoms with Crippen LogP contribution in [-0.4, -0.2) is 11.0 Å². The van der Waals surface area contributed by atoms with E-state index in [-0.39, 0.29) is 17.1 Å². The topological polar surface area (TPSA) is 98.6 Å². The van der Waals surface area contributed by atoms with E-state index in [0.29, 0.717) is 0 Å². The van der Waals surface area contributed by atoms with E-state index in [0.717, 1.165) is 0 Å². The van der Waals surface area contributed by atoms with Crippen molar-refractivity contribution in [2.75, 3.05) is 0 Å². The number of carbonyl (C=O) groups excluding carboxylic acids is 1. The fourth-order valence-corrected chi connectivity index (χ4v) is 0.816. The van der Waals surface area contributed by atoms with Crippen LogP contribution >= 0.6 is 0 Å². The molecule has 0 radical (unpaired) electrons. The van der Waals surface area contributed by atoms with Gasteiger partial charge in [0.1, 0.15) is 0 Å². The van der Waals surface area contributed by atoms with Crippen molar-refractivity contribution in [2.24, 2.45) is 11.6 Å². The number of para-hydroxylation sites is 1. The summed E-state index contributed by atoms with van der Waals surface area (Å²) in [6.07, 6.45) is 0. The molecule has 0 saturated carbocycles. The number of aromatic hydroxyl groups is 1. The maximum Gasteiger partial charge on any atom is 0.252 e. The molecular formula is C7H8N2O3. The van der Waals surface area contributed by atoms with Crippen molar-refractivity contribution in [2.45, 2.75) is 0 Å². The van der Waals surface area contributed by atoms with Crippen LogP contribution in [0.25, 0.3) is 0 Å². The largest absolute Gasteiger partial charge is 0.504 e. The molecule has 0 bridgehead atoms. The Kier molecular flexibility index (Phi) is 2.16. The SMILES string of the molecule is NOc1cccc(C(N)=O)c1O. The number of hydrogen-bond donors (Lipinski definition) is 3. The summed E-state index contributed by atoms with van der Waals surface area (Å²) in [6, 6.07) is 4.30. The van der Waals surface area contributed by atoms with Crippen LogP contribution in [0.3, 0.4) is 0 Å². The minimum atomic E-state index is -0.730. The average Bonchev–Trinajstić information content (AvgIpc) is 2.04. The maximum atomic E-state index is 10.7. The second-order valence-corrected chi connectivity index (χ2v) is 2.13. The Morgan fingerprint density at radius 3 is 2.67 bits per heavy atom. The number of hydrogen-bond acceptors (Lipinski definition) is 4. The Hall–Kier alpha value is -1.75. The first-order chi connectivity index (χ1) is 5.66. The molecule has 1 amide bonds. The molecule has 1 aromatic rings. The lowest BCUT2D eigenvalue weighted by Crippen LogP contribution is -2.12. The predicted octanol–water partition coefficient (Wildman–Crippen LogP) is -0.256. The standard InChI is InChI=1S/C7H8N2O3/c8-7(11)4-2-1-3-5(12-9)6(4)10/h1-3,10H,9H2,(H2,8,11). The molecule has 0 aliphatic rings. The van der Waals surface area contributed by atoms with E-state index >= 15 is 0 Å². The number of nitrogens with two attached hydrogens (primary N) is 2. The van der Waals surface area contributed by atoms with E-state index in [1.807, 2.05) is 0 Å². The van der Waals surface area contributed by atoms with Crippen molar-refractivity contribution in [3.8, 4) is 11.5 Å². The van der Waals surface area contributed by atoms with Gasteiger partial charge in [0.15, 0.2) is 11.5 Å². The minimum absolute atomic E-state index is 0.0158. The lowest BCUT2D eigenvalue weighted by molar-refractivity contribution is 0.0997. The van der Waals surface area contributed by atoms with Crippen molar-refractivity contribution in [1.29, 1.82) is 0 Å². The monoisotopic (exact) mass is 168 g/mol. The molecule has 0 aromatic heterocycles. The van der Waals surface area contributed by atoms with Gasteiger partial charge in [-0.05, 0) is 12.1 Å². The average molecular weight is 168 g/mol. The zero-order valence-electron chi connectivity index (χ0n) is 6.15. The first-order valence-corrected chi connectivity index (χ1v) is 3.15. The predicted molar refractivity (Wildman–Crippen MR) is 41.4 cm³/mol. The number of amides is 1. The van der Waals surface area contributed by atoms with Crippen LogP contribution in [0.2, 0.25) is 0 Å². The van der Waals surface area contributed by atoms with Crippen molar-refractivity contribution < 1.29 is 14.7 Å². The van der Waals surface area contributed by atoms with Gasteiger partial charge in [-0.15, -0.1) is 0 Å². The van der Waals surface area contributed by atoms with Gasteiger partial charge >= 0.3 is 0 Å². The second kappa shape index (κ2) is 3.10. The van der Waals surface area contributed by atoms with Crippen molar-refractivity contribution >= 4 is 5.91 Å². The number of carbonyl (C=O) groups is 1. The minimum Gasteiger partial charge on any atom is -0.504 e. The number of primary amides is 1. The van der Waals surface area contributed by atoms with Gasteiger partial charge in [-0.3, -0.25) is 4.79 Å². The number of rotatable bonds is 2. The zero-order valence-corrected chi connectivity index (χ0v) is 6.15. The third-order valence-electron chi connectivity index (χ3n) is 1.39. The Morgan fingerprint density at radius 1 is 1.50 bits per heavy atom. The van der Waals surface area contributed by atoms with Gasteiger partial charge in [0.25, 0.3) is 5.91 Å². The molecule has 5 heteroatoms. The van der Waals surface area contributed by atoms with E-state index in [1.165, 1.54) is 18.2 Å². The van der Waals surface area contributed by atoms with Gasteiger partial charge in [-0.1, -0.05) is 6.07 Å². The van der Waals surface area contributed by atoms with Crippen LogP contribution in [0.5, 0.6) is 11.5 Å². The fraction of sp³-hybridized carbons (Fsp3) is 0. The highest BCUT2D eigenvalue weighted by Crippen LogP contribution is 2.28. The first kappa shape index (κ1) is 8.35. The highest BCUT2D eigenvalue weighted by atomic mass is 16.6. The molecule has 1 aromatic carbocycles. The summed E-state index contributed by atoms with van der Waals surface area (Å²) in [5.41, 5.74) is 4.93. The molecule has 0 aliphatic heterocycles. The maximum absolute atomic E-state index is 10.7. The molecule has 0 aliphatic carbocycles. The Bertz CT molecular complexity index is 312. The highest BCUT2D eigenvalue weighted by Gasteiger charge is 2.11. The normalized spacial score (nSPS) is 9.42. The number of phenols is 1. The van der Waals surface area contributed by atoms with Crippen LogP contribution in [0.15, 0.2) is 18.2 Å². The van der Waals surface area contributed by atoms with Crippen LogP contribution in [0.1, 0.15) is 10.4 Å². The molecule has 0 heterocycles. The van der Waals surface area contributed by atoms with Crippen LogP contribution in [-0.2, 0) is 0 Å². The fourth-order valence-electron chi connectivity index (χ4n) is 0.816. The molecule has 64 valence electrons. The van der Waals surface area contributed by atoms with E-state index in [4.69, 9.17) is 11.6 Å². The summed E-state index contributed by atoms with van der Waals surface area (Å²) < 4.78 is 0. The molecule has 0 unspecified atom stereocenters. The van der Waals surface area contributed by atoms with Crippen molar-refractivity contribution in [1.82, 2.24) is 0 Å². The Balaban J connectivity index is 3.23. The third kappa shape index (κ3) is 1.30. The zero-order chi connectivity index (χ0) is 9.14. The molecule has 1 rings (SSSR count). The lowest BCUT2D eigenvalue weighted by atomic mass is 10.2. The van der Waals surface area contributed by atoms with Gasteiger partial charge in [-0.25, -0.2) is 0 Å². The first-order valence-electron chi connectivity index (χ1n) is 3.15. The summed E-state index contributed by atoms with van der Waals surface area (Å²) >= 11 is 0. The summed E-state index contributed by atoms with van der Waals surface area (Å²) in [4.78, 5) is 14.9. The molecule has 5 N–H and O–H groups in total. The van der Waals surface area contributed by atoms with Gasteiger partial charge in [0.2, 0.25) is 0 Å². The molecular weight excluding hydrogens is 160 g/mol. The van der Waals surface area contributed by atoms with Gasteiger partial charge in [0, 0.05) is 0 Å². The summed E-state index contributed by atoms with van der Waals surface area (Å²) in [5, 5.41) is 9.25. The Morgan fingerprint density at radius 2 is 2.17 bits per heavy atom. The quantitative estimate of drug-likeness (QED) is 0.530. The van der Waals surface area contributed by atoms with Gasteiger partial charge in [0.05, 0.1) is 5.56 Å². The van der Waals surface area contributed by atoms with Crippen molar-refractivity contribution in [3.05, 3.63) is 23.8 Å². The molecule has 0 atom stereocenters. The Labute approximate surface area is 68.5 Å². The van der Waals surface area contributed by atoms with Crippen LogP contribution in [0.4, 0.5) is 0 Å². The number of benzene rings is 1. The van der Waals surface area contributed by atoms with Crippen LogP contribution in [0, 0.1) is 0 Å². The summed E-state index contributed by atoms with van der Waals surface area (Å²) in [7, 11) is 0. The molecule has 0 spiro atoms. The lowest BCUT2D eigenvalue weighted by Gasteiger charge is -2.03. The molecule has 5 nitrogen and oxygen atoms in total. The molecule has 0 fully saturated rings. The molecule has 0 saturated heterocycles. The van der Waals surface area contributed by atoms with Gasteiger partial charge < -0.3 is 15.7 Å². The summed E-state index contributed by atoms with van der Waals surface area (Å²) in [6.45, 7) is 0. The third-order valence-corrected chi connectivity index (χ3v) is 1.39. The summed E-state index contributed by atoms with van der Waals surface area (Å²) in [5.74, 6) is 3.76. The van der Waals surface area contributed by atoms with Crippen molar-refractivity contribution in [3.63, 3.8) is 0 Å². The second-order valence-electron chi connectivity index (χ2n) is 2.13. The van der Waals surface area contributed by atoms with Gasteiger partial charge in [-0.2, -0.15) is 5.90 Å². The highest BCUT2D eigenvalue weighted by molar-refractivity contribution is 5.96.